The molecule has 0 aromatic carbocycles. The summed E-state index contributed by atoms with van der Waals surface area (Å²) >= 11 is 0. The first-order valence-electron chi connectivity index (χ1n) is 7.64. The highest BCUT2D eigenvalue weighted by molar-refractivity contribution is 5.81. The molecule has 2 aliphatic rings. The Bertz CT molecular complexity index is 289. The molecule has 0 aromatic heterocycles. The van der Waals surface area contributed by atoms with Crippen molar-refractivity contribution in [3.05, 3.63) is 12.2 Å². The van der Waals surface area contributed by atoms with E-state index >= 15 is 0 Å². The standard InChI is InChI=1S/C16H26O2/c1-2-8-16(17)18-15-12-7-6-11-14(15)13-9-4-3-5-10-13/h2,8,13-15H,3-7,9-12H2,1H3/b8-2-/t14-,15-/m1/s1. The predicted octanol–water partition coefficient (Wildman–Crippen LogP) is 4.24. The third kappa shape index (κ3) is 3.60. The SMILES string of the molecule is C/C=C\C(=O)O[C@@H]1CCCC[C@@H]1C1CCCCC1. The molecule has 0 unspecified atom stereocenters. The molecule has 2 heteroatoms. The van der Waals surface area contributed by atoms with Crippen molar-refractivity contribution in [2.45, 2.75) is 70.8 Å². The number of hydrogen-bond donors (Lipinski definition) is 0. The molecular weight excluding hydrogens is 224 g/mol. The van der Waals surface area contributed by atoms with Crippen LogP contribution in [0.4, 0.5) is 0 Å². The lowest BCUT2D eigenvalue weighted by Crippen LogP contribution is -2.35. The summed E-state index contributed by atoms with van der Waals surface area (Å²) in [5.41, 5.74) is 0. The highest BCUT2D eigenvalue weighted by atomic mass is 16.5. The molecular formula is C16H26O2. The van der Waals surface area contributed by atoms with Crippen molar-refractivity contribution in [2.75, 3.05) is 0 Å². The number of rotatable bonds is 3. The molecule has 2 nitrogen and oxygen atoms in total. The van der Waals surface area contributed by atoms with Crippen LogP contribution < -0.4 is 0 Å². The minimum Gasteiger partial charge on any atom is -0.459 e. The molecule has 0 heterocycles. The second-order valence-electron chi connectivity index (χ2n) is 5.82. The lowest BCUT2D eigenvalue weighted by atomic mass is 9.72. The fraction of sp³-hybridized carbons (Fsp3) is 0.812. The molecule has 0 spiro atoms. The minimum absolute atomic E-state index is 0.148. The van der Waals surface area contributed by atoms with Crippen LogP contribution in [-0.2, 0) is 9.53 Å². The van der Waals surface area contributed by atoms with Crippen molar-refractivity contribution in [3.63, 3.8) is 0 Å². The van der Waals surface area contributed by atoms with E-state index in [0.717, 1.165) is 12.3 Å². The maximum absolute atomic E-state index is 11.6. The van der Waals surface area contributed by atoms with Gasteiger partial charge in [-0.1, -0.05) is 44.6 Å². The number of esters is 1. The quantitative estimate of drug-likeness (QED) is 0.553. The Morgan fingerprint density at radius 1 is 1.00 bits per heavy atom. The van der Waals surface area contributed by atoms with Crippen LogP contribution in [0.1, 0.15) is 64.7 Å². The molecule has 0 bridgehead atoms. The second kappa shape index (κ2) is 6.96. The average Bonchev–Trinajstić information content (AvgIpc) is 2.40. The second-order valence-corrected chi connectivity index (χ2v) is 5.82. The van der Waals surface area contributed by atoms with Gasteiger partial charge in [0.2, 0.25) is 0 Å². The molecule has 0 aliphatic heterocycles. The molecule has 0 N–H and O–H groups in total. The van der Waals surface area contributed by atoms with Crippen LogP contribution in [0.15, 0.2) is 12.2 Å². The normalized spacial score (nSPS) is 30.5. The van der Waals surface area contributed by atoms with Crippen LogP contribution in [0.2, 0.25) is 0 Å². The summed E-state index contributed by atoms with van der Waals surface area (Å²) in [5, 5.41) is 0. The predicted molar refractivity (Wildman–Crippen MR) is 73.2 cm³/mol. The fourth-order valence-electron chi connectivity index (χ4n) is 3.70. The van der Waals surface area contributed by atoms with Gasteiger partial charge in [-0.2, -0.15) is 0 Å². The number of carbonyl (C=O) groups excluding carboxylic acids is 1. The molecule has 2 saturated carbocycles. The van der Waals surface area contributed by atoms with Gasteiger partial charge in [0, 0.05) is 6.08 Å². The molecule has 18 heavy (non-hydrogen) atoms. The van der Waals surface area contributed by atoms with Crippen molar-refractivity contribution in [3.8, 4) is 0 Å². The maximum Gasteiger partial charge on any atom is 0.330 e. The van der Waals surface area contributed by atoms with Gasteiger partial charge in [0.05, 0.1) is 0 Å². The van der Waals surface area contributed by atoms with E-state index in [0.29, 0.717) is 5.92 Å². The lowest BCUT2D eigenvalue weighted by molar-refractivity contribution is -0.149. The van der Waals surface area contributed by atoms with Gasteiger partial charge in [-0.05, 0) is 38.0 Å². The summed E-state index contributed by atoms with van der Waals surface area (Å²) in [4.78, 5) is 11.6. The van der Waals surface area contributed by atoms with E-state index in [1.54, 1.807) is 12.2 Å². The largest absolute Gasteiger partial charge is 0.459 e. The van der Waals surface area contributed by atoms with Gasteiger partial charge in [-0.25, -0.2) is 4.79 Å². The van der Waals surface area contributed by atoms with Gasteiger partial charge in [0.25, 0.3) is 0 Å². The summed E-state index contributed by atoms with van der Waals surface area (Å²) in [6, 6.07) is 0. The average molecular weight is 250 g/mol. The third-order valence-corrected chi connectivity index (χ3v) is 4.58. The van der Waals surface area contributed by atoms with Crippen LogP contribution in [-0.4, -0.2) is 12.1 Å². The first-order valence-corrected chi connectivity index (χ1v) is 7.64. The van der Waals surface area contributed by atoms with Gasteiger partial charge in [0.1, 0.15) is 6.10 Å². The zero-order valence-corrected chi connectivity index (χ0v) is 11.6. The van der Waals surface area contributed by atoms with E-state index < -0.39 is 0 Å². The van der Waals surface area contributed by atoms with Crippen molar-refractivity contribution >= 4 is 5.97 Å². The van der Waals surface area contributed by atoms with Gasteiger partial charge in [-0.3, -0.25) is 0 Å². The fourth-order valence-corrected chi connectivity index (χ4v) is 3.70. The van der Waals surface area contributed by atoms with E-state index in [2.05, 4.69) is 0 Å². The Kier molecular flexibility index (Phi) is 5.27. The molecule has 102 valence electrons. The topological polar surface area (TPSA) is 26.3 Å². The Morgan fingerprint density at radius 3 is 2.39 bits per heavy atom. The maximum atomic E-state index is 11.6. The van der Waals surface area contributed by atoms with Crippen LogP contribution >= 0.6 is 0 Å². The molecule has 0 aromatic rings. The van der Waals surface area contributed by atoms with Crippen LogP contribution in [0, 0.1) is 11.8 Å². The van der Waals surface area contributed by atoms with E-state index in [1.807, 2.05) is 6.92 Å². The monoisotopic (exact) mass is 250 g/mol. The summed E-state index contributed by atoms with van der Waals surface area (Å²) in [5.74, 6) is 1.29. The van der Waals surface area contributed by atoms with Crippen molar-refractivity contribution < 1.29 is 9.53 Å². The van der Waals surface area contributed by atoms with E-state index in [1.165, 1.54) is 51.4 Å². The highest BCUT2D eigenvalue weighted by Crippen LogP contribution is 2.39. The molecule has 2 rings (SSSR count). The summed E-state index contributed by atoms with van der Waals surface area (Å²) in [7, 11) is 0. The smallest absolute Gasteiger partial charge is 0.330 e. The highest BCUT2D eigenvalue weighted by Gasteiger charge is 2.34. The van der Waals surface area contributed by atoms with E-state index in [4.69, 9.17) is 4.74 Å². The first kappa shape index (κ1) is 13.6. The van der Waals surface area contributed by atoms with Gasteiger partial charge >= 0.3 is 5.97 Å². The Morgan fingerprint density at radius 2 is 1.67 bits per heavy atom. The molecule has 2 aliphatic carbocycles. The van der Waals surface area contributed by atoms with Gasteiger partial charge in [-0.15, -0.1) is 0 Å². The van der Waals surface area contributed by atoms with Gasteiger partial charge in [0.15, 0.2) is 0 Å². The summed E-state index contributed by atoms with van der Waals surface area (Å²) in [6.45, 7) is 1.86. The van der Waals surface area contributed by atoms with Crippen LogP contribution in [0.5, 0.6) is 0 Å². The first-order chi connectivity index (χ1) is 8.81. The molecule has 0 saturated heterocycles. The number of carbonyl (C=O) groups is 1. The number of ether oxygens (including phenoxy) is 1. The Labute approximate surface area is 111 Å². The van der Waals surface area contributed by atoms with Crippen LogP contribution in [0.3, 0.4) is 0 Å². The summed E-state index contributed by atoms with van der Waals surface area (Å²) in [6.07, 6.45) is 15.2. The zero-order valence-electron chi connectivity index (χ0n) is 11.6. The number of allylic oxidation sites excluding steroid dienone is 1. The molecule has 0 radical (unpaired) electrons. The van der Waals surface area contributed by atoms with Crippen molar-refractivity contribution in [1.29, 1.82) is 0 Å². The van der Waals surface area contributed by atoms with E-state index in [-0.39, 0.29) is 12.1 Å². The minimum atomic E-state index is -0.148. The Hall–Kier alpha value is -0.790. The summed E-state index contributed by atoms with van der Waals surface area (Å²) < 4.78 is 5.67. The Balaban J connectivity index is 1.94. The number of hydrogen-bond acceptors (Lipinski definition) is 2. The van der Waals surface area contributed by atoms with Crippen molar-refractivity contribution in [2.24, 2.45) is 11.8 Å². The molecule has 2 atom stereocenters. The molecule has 2 fully saturated rings. The van der Waals surface area contributed by atoms with Crippen LogP contribution in [0.25, 0.3) is 0 Å². The third-order valence-electron chi connectivity index (χ3n) is 4.58. The molecule has 0 amide bonds. The van der Waals surface area contributed by atoms with Gasteiger partial charge < -0.3 is 4.74 Å². The lowest BCUT2D eigenvalue weighted by Gasteiger charge is -2.38. The zero-order chi connectivity index (χ0) is 12.8. The van der Waals surface area contributed by atoms with E-state index in [9.17, 15) is 4.79 Å². The van der Waals surface area contributed by atoms with Crippen molar-refractivity contribution in [1.82, 2.24) is 0 Å².